The molecule has 1 aliphatic heterocycles. The van der Waals surface area contributed by atoms with Gasteiger partial charge in [0.15, 0.2) is 23.1 Å². The maximum Gasteiger partial charge on any atom is 0.240 e. The van der Waals surface area contributed by atoms with Gasteiger partial charge in [-0.25, -0.2) is 21.9 Å². The Balaban J connectivity index is 1.52. The Bertz CT molecular complexity index is 997. The van der Waals surface area contributed by atoms with Crippen LogP contribution in [0.25, 0.3) is 0 Å². The van der Waals surface area contributed by atoms with E-state index in [1.54, 1.807) is 19.2 Å². The van der Waals surface area contributed by atoms with E-state index < -0.39 is 26.6 Å². The molecular formula is C18H18F2N2O5S. The molecule has 10 heteroatoms. The van der Waals surface area contributed by atoms with E-state index in [4.69, 9.17) is 9.47 Å². The predicted molar refractivity (Wildman–Crippen MR) is 95.2 cm³/mol. The lowest BCUT2D eigenvalue weighted by atomic mass is 10.2. The van der Waals surface area contributed by atoms with E-state index >= 15 is 0 Å². The number of halogens is 2. The van der Waals surface area contributed by atoms with Gasteiger partial charge >= 0.3 is 0 Å². The number of carbonyl (C=O) groups excluding carboxylic acids is 1. The highest BCUT2D eigenvalue weighted by molar-refractivity contribution is 7.89. The molecule has 1 aliphatic rings. The number of hydrogen-bond acceptors (Lipinski definition) is 5. The summed E-state index contributed by atoms with van der Waals surface area (Å²) < 4.78 is 63.1. The average molecular weight is 412 g/mol. The molecule has 0 radical (unpaired) electrons. The van der Waals surface area contributed by atoms with E-state index in [1.165, 1.54) is 4.90 Å². The summed E-state index contributed by atoms with van der Waals surface area (Å²) in [5, 5.41) is 0. The highest BCUT2D eigenvalue weighted by atomic mass is 32.2. The molecule has 2 aromatic rings. The maximum atomic E-state index is 13.2. The molecule has 0 spiro atoms. The summed E-state index contributed by atoms with van der Waals surface area (Å²) in [7, 11) is -2.45. The lowest BCUT2D eigenvalue weighted by Gasteiger charge is -2.17. The molecule has 1 heterocycles. The average Bonchev–Trinajstić information content (AvgIpc) is 3.11. The zero-order chi connectivity index (χ0) is 20.3. The third-order valence-electron chi connectivity index (χ3n) is 4.11. The molecule has 1 N–H and O–H groups in total. The molecule has 0 atom stereocenters. The quantitative estimate of drug-likeness (QED) is 0.752. The van der Waals surface area contributed by atoms with Gasteiger partial charge in [0.2, 0.25) is 22.7 Å². The first-order chi connectivity index (χ1) is 13.3. The Labute approximate surface area is 160 Å². The first-order valence-electron chi connectivity index (χ1n) is 8.33. The van der Waals surface area contributed by atoms with Crippen molar-refractivity contribution in [2.24, 2.45) is 0 Å². The predicted octanol–water partition coefficient (Wildman–Crippen LogP) is 2.02. The van der Waals surface area contributed by atoms with E-state index in [0.717, 1.165) is 17.7 Å². The molecule has 1 amide bonds. The molecule has 0 fully saturated rings. The van der Waals surface area contributed by atoms with Crippen LogP contribution in [0.1, 0.15) is 12.0 Å². The van der Waals surface area contributed by atoms with Crippen molar-refractivity contribution in [3.63, 3.8) is 0 Å². The second kappa shape index (κ2) is 8.11. The molecule has 0 saturated heterocycles. The van der Waals surface area contributed by atoms with Gasteiger partial charge in [-0.1, -0.05) is 6.07 Å². The number of ether oxygens (including phenoxy) is 2. The highest BCUT2D eigenvalue weighted by Crippen LogP contribution is 2.32. The van der Waals surface area contributed by atoms with Gasteiger partial charge in [-0.2, -0.15) is 0 Å². The minimum atomic E-state index is -4.04. The van der Waals surface area contributed by atoms with Crippen LogP contribution in [0, 0.1) is 11.6 Å². The first kappa shape index (κ1) is 20.0. The van der Waals surface area contributed by atoms with E-state index in [0.29, 0.717) is 24.1 Å². The van der Waals surface area contributed by atoms with Crippen LogP contribution in [-0.4, -0.2) is 39.6 Å². The number of nitrogens with one attached hydrogen (secondary N) is 1. The molecule has 28 heavy (non-hydrogen) atoms. The van der Waals surface area contributed by atoms with Crippen LogP contribution in [-0.2, 0) is 21.4 Å². The zero-order valence-electron chi connectivity index (χ0n) is 14.9. The number of rotatable bonds is 7. The second-order valence-corrected chi connectivity index (χ2v) is 7.93. The van der Waals surface area contributed by atoms with Crippen LogP contribution in [0.5, 0.6) is 11.5 Å². The van der Waals surface area contributed by atoms with Crippen LogP contribution in [0.4, 0.5) is 8.78 Å². The van der Waals surface area contributed by atoms with E-state index in [-0.39, 0.29) is 25.7 Å². The standard InChI is InChI=1S/C18H18F2N2O5S/c1-22(10-12-2-5-16-17(8-12)27-11-26-16)18(23)6-7-21-28(24,25)13-3-4-14(19)15(20)9-13/h2-5,8-9,21H,6-7,10-11H2,1H3. The Morgan fingerprint density at radius 3 is 2.61 bits per heavy atom. The largest absolute Gasteiger partial charge is 0.454 e. The molecule has 150 valence electrons. The second-order valence-electron chi connectivity index (χ2n) is 6.16. The monoisotopic (exact) mass is 412 g/mol. The van der Waals surface area contributed by atoms with Crippen molar-refractivity contribution in [1.82, 2.24) is 9.62 Å². The summed E-state index contributed by atoms with van der Waals surface area (Å²) in [4.78, 5) is 13.3. The van der Waals surface area contributed by atoms with Crippen LogP contribution >= 0.6 is 0 Å². The van der Waals surface area contributed by atoms with Crippen LogP contribution in [0.2, 0.25) is 0 Å². The number of nitrogens with zero attached hydrogens (tertiary/aromatic N) is 1. The van der Waals surface area contributed by atoms with Crippen molar-refractivity contribution in [3.8, 4) is 11.5 Å². The molecule has 0 saturated carbocycles. The molecule has 0 bridgehead atoms. The summed E-state index contributed by atoms with van der Waals surface area (Å²) in [6.07, 6.45) is -0.0933. The number of carbonyl (C=O) groups is 1. The Hall–Kier alpha value is -2.72. The van der Waals surface area contributed by atoms with E-state index in [9.17, 15) is 22.0 Å². The molecule has 7 nitrogen and oxygen atoms in total. The summed E-state index contributed by atoms with van der Waals surface area (Å²) in [6.45, 7) is 0.294. The number of hydrogen-bond donors (Lipinski definition) is 1. The van der Waals surface area contributed by atoms with Gasteiger partial charge < -0.3 is 14.4 Å². The van der Waals surface area contributed by atoms with Crippen molar-refractivity contribution >= 4 is 15.9 Å². The fraction of sp³-hybridized carbons (Fsp3) is 0.278. The van der Waals surface area contributed by atoms with E-state index in [2.05, 4.69) is 4.72 Å². The van der Waals surface area contributed by atoms with Crippen LogP contribution in [0.15, 0.2) is 41.3 Å². The smallest absolute Gasteiger partial charge is 0.240 e. The lowest BCUT2D eigenvalue weighted by molar-refractivity contribution is -0.130. The van der Waals surface area contributed by atoms with Gasteiger partial charge in [0.25, 0.3) is 0 Å². The minimum absolute atomic E-state index is 0.0933. The van der Waals surface area contributed by atoms with E-state index in [1.807, 2.05) is 6.07 Å². The van der Waals surface area contributed by atoms with Crippen molar-refractivity contribution < 1.29 is 31.5 Å². The fourth-order valence-corrected chi connectivity index (χ4v) is 3.66. The molecule has 0 aromatic heterocycles. The molecule has 0 unspecified atom stereocenters. The minimum Gasteiger partial charge on any atom is -0.454 e. The van der Waals surface area contributed by atoms with Crippen LogP contribution in [0.3, 0.4) is 0 Å². The van der Waals surface area contributed by atoms with Gasteiger partial charge in [0, 0.05) is 26.6 Å². The van der Waals surface area contributed by atoms with Crippen LogP contribution < -0.4 is 14.2 Å². The van der Waals surface area contributed by atoms with Gasteiger partial charge in [0.1, 0.15) is 0 Å². The highest BCUT2D eigenvalue weighted by Gasteiger charge is 2.18. The number of benzene rings is 2. The van der Waals surface area contributed by atoms with Gasteiger partial charge in [0.05, 0.1) is 4.90 Å². The summed E-state index contributed by atoms with van der Waals surface area (Å²) in [5.41, 5.74) is 0.836. The van der Waals surface area contributed by atoms with Gasteiger partial charge in [-0.15, -0.1) is 0 Å². The topological polar surface area (TPSA) is 84.9 Å². The zero-order valence-corrected chi connectivity index (χ0v) is 15.8. The van der Waals surface area contributed by atoms with Crippen molar-refractivity contribution in [3.05, 3.63) is 53.6 Å². The Morgan fingerprint density at radius 1 is 1.11 bits per heavy atom. The third kappa shape index (κ3) is 4.57. The number of amides is 1. The molecule has 2 aromatic carbocycles. The normalized spacial score (nSPS) is 12.8. The van der Waals surface area contributed by atoms with Crippen molar-refractivity contribution in [2.45, 2.75) is 17.9 Å². The summed E-state index contributed by atoms with van der Waals surface area (Å²) >= 11 is 0. The number of sulfonamides is 1. The molecular weight excluding hydrogens is 394 g/mol. The Kier molecular flexibility index (Phi) is 5.80. The summed E-state index contributed by atoms with van der Waals surface area (Å²) in [5.74, 6) is -1.44. The van der Waals surface area contributed by atoms with Crippen molar-refractivity contribution in [2.75, 3.05) is 20.4 Å². The van der Waals surface area contributed by atoms with Gasteiger partial charge in [-0.05, 0) is 35.9 Å². The maximum absolute atomic E-state index is 13.2. The SMILES string of the molecule is CN(Cc1ccc2c(c1)OCO2)C(=O)CCNS(=O)(=O)c1ccc(F)c(F)c1. The number of fused-ring (bicyclic) bond motifs is 1. The first-order valence-corrected chi connectivity index (χ1v) is 9.82. The lowest BCUT2D eigenvalue weighted by Crippen LogP contribution is -2.32. The molecule has 3 rings (SSSR count). The molecule has 0 aliphatic carbocycles. The Morgan fingerprint density at radius 2 is 1.86 bits per heavy atom. The summed E-state index contributed by atoms with van der Waals surface area (Å²) in [6, 6.07) is 7.61. The van der Waals surface area contributed by atoms with Crippen molar-refractivity contribution in [1.29, 1.82) is 0 Å². The third-order valence-corrected chi connectivity index (χ3v) is 5.57. The van der Waals surface area contributed by atoms with Gasteiger partial charge in [-0.3, -0.25) is 4.79 Å². The fourth-order valence-electron chi connectivity index (χ4n) is 2.61.